The lowest BCUT2D eigenvalue weighted by Gasteiger charge is -2.19. The van der Waals surface area contributed by atoms with Gasteiger partial charge in [-0.3, -0.25) is 4.98 Å². The Morgan fingerprint density at radius 3 is 2.61 bits per heavy atom. The van der Waals surface area contributed by atoms with Crippen molar-refractivity contribution in [3.63, 3.8) is 0 Å². The van der Waals surface area contributed by atoms with E-state index in [4.69, 9.17) is 0 Å². The Kier molecular flexibility index (Phi) is 4.57. The van der Waals surface area contributed by atoms with Crippen molar-refractivity contribution in [3.05, 3.63) is 36.7 Å². The van der Waals surface area contributed by atoms with E-state index in [1.165, 1.54) is 42.1 Å². The van der Waals surface area contributed by atoms with Crippen molar-refractivity contribution in [3.8, 4) is 0 Å². The lowest BCUT2D eigenvalue weighted by Crippen LogP contribution is -2.19. The van der Waals surface area contributed by atoms with Crippen LogP contribution < -0.4 is 5.32 Å². The summed E-state index contributed by atoms with van der Waals surface area (Å²) in [6, 6.07) is 9.04. The van der Waals surface area contributed by atoms with E-state index in [2.05, 4.69) is 48.4 Å². The second kappa shape index (κ2) is 6.39. The van der Waals surface area contributed by atoms with Gasteiger partial charge in [-0.05, 0) is 30.4 Å². The molecule has 18 heavy (non-hydrogen) atoms. The molecule has 0 radical (unpaired) electrons. The molecule has 1 aromatic heterocycles. The van der Waals surface area contributed by atoms with Crippen LogP contribution in [-0.2, 0) is 0 Å². The van der Waals surface area contributed by atoms with Crippen LogP contribution in [0.3, 0.4) is 0 Å². The minimum Gasteiger partial charge on any atom is -0.382 e. The van der Waals surface area contributed by atoms with Gasteiger partial charge in [0, 0.05) is 29.5 Å². The predicted octanol–water partition coefficient (Wildman–Crippen LogP) is 4.62. The molecule has 2 rings (SSSR count). The molecule has 0 amide bonds. The molecule has 0 saturated heterocycles. The highest BCUT2D eigenvalue weighted by atomic mass is 14.9. The molecule has 2 nitrogen and oxygen atoms in total. The molecule has 0 aliphatic carbocycles. The summed E-state index contributed by atoms with van der Waals surface area (Å²) in [6.07, 6.45) is 8.70. The maximum Gasteiger partial charge on any atom is 0.0437 e. The Morgan fingerprint density at radius 2 is 1.89 bits per heavy atom. The number of aromatic nitrogens is 1. The summed E-state index contributed by atoms with van der Waals surface area (Å²) in [4.78, 5) is 4.23. The smallest absolute Gasteiger partial charge is 0.0437 e. The summed E-state index contributed by atoms with van der Waals surface area (Å²) in [5.74, 6) is 0. The first-order valence-electron chi connectivity index (χ1n) is 6.94. The van der Waals surface area contributed by atoms with Crippen molar-refractivity contribution in [1.29, 1.82) is 0 Å². The summed E-state index contributed by atoms with van der Waals surface area (Å²) in [5.41, 5.74) is 1.22. The average Bonchev–Trinajstić information content (AvgIpc) is 2.40. The second-order valence-corrected chi connectivity index (χ2v) is 4.82. The van der Waals surface area contributed by atoms with E-state index >= 15 is 0 Å². The summed E-state index contributed by atoms with van der Waals surface area (Å²) in [7, 11) is 0. The lowest BCUT2D eigenvalue weighted by molar-refractivity contribution is 0.587. The van der Waals surface area contributed by atoms with Crippen molar-refractivity contribution in [2.45, 2.75) is 45.6 Å². The second-order valence-electron chi connectivity index (χ2n) is 4.82. The summed E-state index contributed by atoms with van der Waals surface area (Å²) >= 11 is 0. The number of fused-ring (bicyclic) bond motifs is 1. The van der Waals surface area contributed by atoms with Crippen LogP contribution in [0.5, 0.6) is 0 Å². The first-order valence-corrected chi connectivity index (χ1v) is 6.94. The number of hydrogen-bond acceptors (Lipinski definition) is 2. The van der Waals surface area contributed by atoms with Crippen LogP contribution in [0, 0.1) is 0 Å². The van der Waals surface area contributed by atoms with Crippen molar-refractivity contribution < 1.29 is 0 Å². The SMILES string of the molecule is CCCC(CCC)Nc1cccc2ccncc12. The number of anilines is 1. The van der Waals surface area contributed by atoms with Crippen molar-refractivity contribution in [2.24, 2.45) is 0 Å². The van der Waals surface area contributed by atoms with E-state index in [9.17, 15) is 0 Å². The van der Waals surface area contributed by atoms with Gasteiger partial charge in [-0.15, -0.1) is 0 Å². The Labute approximate surface area is 109 Å². The quantitative estimate of drug-likeness (QED) is 0.799. The van der Waals surface area contributed by atoms with Gasteiger partial charge in [0.05, 0.1) is 0 Å². The van der Waals surface area contributed by atoms with Gasteiger partial charge >= 0.3 is 0 Å². The fraction of sp³-hybridized carbons (Fsp3) is 0.438. The number of benzene rings is 1. The molecular formula is C16H22N2. The lowest BCUT2D eigenvalue weighted by atomic mass is 10.1. The molecule has 0 aliphatic rings. The molecule has 2 heteroatoms. The van der Waals surface area contributed by atoms with Crippen molar-refractivity contribution in [2.75, 3.05) is 5.32 Å². The maximum absolute atomic E-state index is 4.23. The molecule has 0 saturated carbocycles. The average molecular weight is 242 g/mol. The van der Waals surface area contributed by atoms with Gasteiger partial charge in [0.15, 0.2) is 0 Å². The maximum atomic E-state index is 4.23. The Bertz CT molecular complexity index is 482. The zero-order chi connectivity index (χ0) is 12.8. The van der Waals surface area contributed by atoms with E-state index < -0.39 is 0 Å². The summed E-state index contributed by atoms with van der Waals surface area (Å²) < 4.78 is 0. The molecule has 0 spiro atoms. The third kappa shape index (κ3) is 3.00. The number of pyridine rings is 1. The molecule has 96 valence electrons. The molecule has 0 aliphatic heterocycles. The van der Waals surface area contributed by atoms with E-state index in [0.717, 1.165) is 0 Å². The third-order valence-electron chi connectivity index (χ3n) is 3.32. The first kappa shape index (κ1) is 12.9. The van der Waals surface area contributed by atoms with Gasteiger partial charge in [-0.2, -0.15) is 0 Å². The Morgan fingerprint density at radius 1 is 1.11 bits per heavy atom. The fourth-order valence-corrected chi connectivity index (χ4v) is 2.44. The topological polar surface area (TPSA) is 24.9 Å². The molecule has 0 fully saturated rings. The Hall–Kier alpha value is -1.57. The van der Waals surface area contributed by atoms with Crippen LogP contribution in [0.4, 0.5) is 5.69 Å². The first-order chi connectivity index (χ1) is 8.85. The molecular weight excluding hydrogens is 220 g/mol. The zero-order valence-electron chi connectivity index (χ0n) is 11.3. The van der Waals surface area contributed by atoms with Crippen LogP contribution in [0.25, 0.3) is 10.8 Å². The van der Waals surface area contributed by atoms with Gasteiger partial charge in [0.25, 0.3) is 0 Å². The van der Waals surface area contributed by atoms with Gasteiger partial charge in [0.1, 0.15) is 0 Å². The number of nitrogens with zero attached hydrogens (tertiary/aromatic N) is 1. The molecule has 0 atom stereocenters. The van der Waals surface area contributed by atoms with Gasteiger partial charge in [-0.25, -0.2) is 0 Å². The molecule has 0 unspecified atom stereocenters. The standard InChI is InChI=1S/C16H22N2/c1-3-6-14(7-4-2)18-16-9-5-8-13-10-11-17-12-15(13)16/h5,8-12,14,18H,3-4,6-7H2,1-2H3. The highest BCUT2D eigenvalue weighted by molar-refractivity contribution is 5.93. The molecule has 2 aromatic rings. The van der Waals surface area contributed by atoms with Gasteiger partial charge < -0.3 is 5.32 Å². The number of rotatable bonds is 6. The number of nitrogens with one attached hydrogen (secondary N) is 1. The predicted molar refractivity (Wildman–Crippen MR) is 79.0 cm³/mol. The van der Waals surface area contributed by atoms with Crippen LogP contribution >= 0.6 is 0 Å². The minimum absolute atomic E-state index is 0.575. The fourth-order valence-electron chi connectivity index (χ4n) is 2.44. The number of hydrogen-bond donors (Lipinski definition) is 1. The zero-order valence-corrected chi connectivity index (χ0v) is 11.3. The van der Waals surface area contributed by atoms with Crippen molar-refractivity contribution in [1.82, 2.24) is 4.98 Å². The Balaban J connectivity index is 2.24. The van der Waals surface area contributed by atoms with Gasteiger partial charge in [-0.1, -0.05) is 38.8 Å². The van der Waals surface area contributed by atoms with Crippen LogP contribution in [-0.4, -0.2) is 11.0 Å². The molecule has 0 bridgehead atoms. The third-order valence-corrected chi connectivity index (χ3v) is 3.32. The van der Waals surface area contributed by atoms with E-state index in [-0.39, 0.29) is 0 Å². The highest BCUT2D eigenvalue weighted by Gasteiger charge is 2.08. The van der Waals surface area contributed by atoms with E-state index in [1.807, 2.05) is 12.4 Å². The van der Waals surface area contributed by atoms with E-state index in [1.54, 1.807) is 0 Å². The van der Waals surface area contributed by atoms with Crippen molar-refractivity contribution >= 4 is 16.5 Å². The largest absolute Gasteiger partial charge is 0.382 e. The van der Waals surface area contributed by atoms with E-state index in [0.29, 0.717) is 6.04 Å². The monoisotopic (exact) mass is 242 g/mol. The normalized spacial score (nSPS) is 11.1. The highest BCUT2D eigenvalue weighted by Crippen LogP contribution is 2.24. The van der Waals surface area contributed by atoms with Crippen LogP contribution in [0.15, 0.2) is 36.7 Å². The molecule has 1 heterocycles. The van der Waals surface area contributed by atoms with Gasteiger partial charge in [0.2, 0.25) is 0 Å². The summed E-state index contributed by atoms with van der Waals surface area (Å²) in [6.45, 7) is 4.49. The molecule has 1 N–H and O–H groups in total. The van der Waals surface area contributed by atoms with Crippen LogP contribution in [0.2, 0.25) is 0 Å². The molecule has 1 aromatic carbocycles. The van der Waals surface area contributed by atoms with Crippen LogP contribution in [0.1, 0.15) is 39.5 Å². The summed E-state index contributed by atoms with van der Waals surface area (Å²) in [5, 5.41) is 6.16. The minimum atomic E-state index is 0.575.